The number of nitrogens with zero attached hydrogens (tertiary/aromatic N) is 1. The molecule has 0 bridgehead atoms. The third kappa shape index (κ3) is 11.7. The van der Waals surface area contributed by atoms with Gasteiger partial charge in [0.25, 0.3) is 11.8 Å². The van der Waals surface area contributed by atoms with Crippen LogP contribution in [0.3, 0.4) is 0 Å². The van der Waals surface area contributed by atoms with E-state index in [4.69, 9.17) is 16.2 Å². The molecule has 3 amide bonds. The number of epoxide rings is 1. The zero-order chi connectivity index (χ0) is 28.1. The van der Waals surface area contributed by atoms with Gasteiger partial charge in [-0.2, -0.15) is 0 Å². The standard InChI is InChI=1S/C21H30N4O6.C6H7N.ClH/c1-25(2)20(28)15(12-13-8-4-3-5-9-13)24-19(27)17-16(31-17)18(26)23-14(21(29)30)10-6-7-11-22;7-6-4-2-1-3-5-6;/h3-5,8-9,14-17H,6-7,10-12,22H2,1-2H3,(H,23,26)(H,24,27)(H,29,30);1-5H,7H2;1H/t14-,15-,16?,17?;;/m0../s1. The molecule has 0 spiro atoms. The molecule has 1 saturated heterocycles. The maximum absolute atomic E-state index is 12.6. The Morgan fingerprint density at radius 3 is 1.85 bits per heavy atom. The van der Waals surface area contributed by atoms with Crippen molar-refractivity contribution in [3.8, 4) is 0 Å². The van der Waals surface area contributed by atoms with Crippen LogP contribution < -0.4 is 22.1 Å². The maximum atomic E-state index is 12.6. The van der Waals surface area contributed by atoms with Gasteiger partial charge in [-0.15, -0.1) is 12.4 Å². The number of likely N-dealkylation sites (N-methyl/N-ethyl adjacent to an activating group) is 1. The molecule has 1 fully saturated rings. The van der Waals surface area contributed by atoms with Gasteiger partial charge in [-0.3, -0.25) is 14.4 Å². The average molecular weight is 564 g/mol. The van der Waals surface area contributed by atoms with Crippen LogP contribution in [0.25, 0.3) is 0 Å². The topological polar surface area (TPSA) is 180 Å². The number of nitrogens with two attached hydrogens (primary N) is 2. The van der Waals surface area contributed by atoms with Crippen LogP contribution in [-0.4, -0.2) is 78.6 Å². The predicted molar refractivity (Wildman–Crippen MR) is 150 cm³/mol. The van der Waals surface area contributed by atoms with E-state index in [2.05, 4.69) is 10.6 Å². The summed E-state index contributed by atoms with van der Waals surface area (Å²) in [5.74, 6) is -2.71. The number of halogens is 1. The fourth-order valence-corrected chi connectivity index (χ4v) is 3.58. The van der Waals surface area contributed by atoms with E-state index in [0.29, 0.717) is 19.4 Å². The molecule has 2 aromatic rings. The molecule has 214 valence electrons. The smallest absolute Gasteiger partial charge is 0.326 e. The lowest BCUT2D eigenvalue weighted by Crippen LogP contribution is -2.49. The molecule has 0 aromatic heterocycles. The molecule has 2 unspecified atom stereocenters. The monoisotopic (exact) mass is 563 g/mol. The summed E-state index contributed by atoms with van der Waals surface area (Å²) in [6, 6.07) is 16.8. The van der Waals surface area contributed by atoms with Crippen molar-refractivity contribution in [2.24, 2.45) is 5.73 Å². The van der Waals surface area contributed by atoms with Crippen molar-refractivity contribution in [3.05, 3.63) is 66.2 Å². The van der Waals surface area contributed by atoms with Crippen LogP contribution in [0, 0.1) is 0 Å². The molecule has 1 heterocycles. The fraction of sp³-hybridized carbons (Fsp3) is 0.407. The number of aliphatic carboxylic acids is 1. The third-order valence-electron chi connectivity index (χ3n) is 5.71. The lowest BCUT2D eigenvalue weighted by molar-refractivity contribution is -0.142. The minimum atomic E-state index is -1.16. The summed E-state index contributed by atoms with van der Waals surface area (Å²) >= 11 is 0. The number of benzene rings is 2. The lowest BCUT2D eigenvalue weighted by atomic mass is 10.0. The Morgan fingerprint density at radius 2 is 1.41 bits per heavy atom. The number of unbranched alkanes of at least 4 members (excludes halogenated alkanes) is 1. The Bertz CT molecular complexity index is 1060. The van der Waals surface area contributed by atoms with Gasteiger partial charge in [0.2, 0.25) is 5.91 Å². The number of amides is 3. The number of anilines is 1. The van der Waals surface area contributed by atoms with Crippen LogP contribution >= 0.6 is 12.4 Å². The zero-order valence-corrected chi connectivity index (χ0v) is 22.9. The quantitative estimate of drug-likeness (QED) is 0.144. The number of ether oxygens (including phenoxy) is 1. The Balaban J connectivity index is 0.000000823. The lowest BCUT2D eigenvalue weighted by Gasteiger charge is -2.21. The van der Waals surface area contributed by atoms with E-state index in [0.717, 1.165) is 11.3 Å². The number of nitrogen functional groups attached to an aromatic ring is 1. The Morgan fingerprint density at radius 1 is 0.897 bits per heavy atom. The van der Waals surface area contributed by atoms with Gasteiger partial charge in [0.15, 0.2) is 12.2 Å². The van der Waals surface area contributed by atoms with Crippen molar-refractivity contribution >= 4 is 41.8 Å². The highest BCUT2D eigenvalue weighted by molar-refractivity contribution is 5.98. The first-order valence-corrected chi connectivity index (χ1v) is 12.4. The number of carboxylic acids is 1. The largest absolute Gasteiger partial charge is 0.480 e. The molecule has 4 atom stereocenters. The molecule has 0 saturated carbocycles. The Kier molecular flexibility index (Phi) is 14.6. The first-order chi connectivity index (χ1) is 18.1. The Hall–Kier alpha value is -3.67. The summed E-state index contributed by atoms with van der Waals surface area (Å²) in [4.78, 5) is 50.1. The molecule has 3 rings (SSSR count). The molecule has 0 aliphatic carbocycles. The molecular formula is C27H38ClN5O6. The number of hydrogen-bond donors (Lipinski definition) is 5. The summed E-state index contributed by atoms with van der Waals surface area (Å²) in [5, 5.41) is 14.3. The van der Waals surface area contributed by atoms with Crippen molar-refractivity contribution in [1.29, 1.82) is 0 Å². The van der Waals surface area contributed by atoms with E-state index in [1.807, 2.05) is 60.7 Å². The van der Waals surface area contributed by atoms with Crippen molar-refractivity contribution < 1.29 is 29.0 Å². The molecule has 11 nitrogen and oxygen atoms in total. The average Bonchev–Trinajstić information content (AvgIpc) is 3.70. The number of carbonyl (C=O) groups excluding carboxylic acids is 3. The van der Waals surface area contributed by atoms with Gasteiger partial charge in [-0.25, -0.2) is 4.79 Å². The van der Waals surface area contributed by atoms with E-state index in [9.17, 15) is 24.3 Å². The summed E-state index contributed by atoms with van der Waals surface area (Å²) in [5.41, 5.74) is 12.5. The number of rotatable bonds is 12. The maximum Gasteiger partial charge on any atom is 0.326 e. The minimum absolute atomic E-state index is 0. The third-order valence-corrected chi connectivity index (χ3v) is 5.71. The van der Waals surface area contributed by atoms with Crippen molar-refractivity contribution in [3.63, 3.8) is 0 Å². The number of para-hydroxylation sites is 1. The molecule has 1 aliphatic rings. The van der Waals surface area contributed by atoms with Crippen LogP contribution in [0.1, 0.15) is 24.8 Å². The van der Waals surface area contributed by atoms with E-state index < -0.39 is 42.1 Å². The van der Waals surface area contributed by atoms with Crippen LogP contribution in [-0.2, 0) is 30.3 Å². The van der Waals surface area contributed by atoms with Gasteiger partial charge in [0.1, 0.15) is 12.1 Å². The van der Waals surface area contributed by atoms with Crippen LogP contribution in [0.2, 0.25) is 0 Å². The highest BCUT2D eigenvalue weighted by Crippen LogP contribution is 2.23. The predicted octanol–water partition coefficient (Wildman–Crippen LogP) is 0.959. The number of hydrogen-bond acceptors (Lipinski definition) is 7. The van der Waals surface area contributed by atoms with Gasteiger partial charge in [-0.1, -0.05) is 48.5 Å². The minimum Gasteiger partial charge on any atom is -0.480 e. The van der Waals surface area contributed by atoms with Crippen LogP contribution in [0.4, 0.5) is 5.69 Å². The normalized spacial score (nSPS) is 16.7. The van der Waals surface area contributed by atoms with Gasteiger partial charge < -0.3 is 36.8 Å². The van der Waals surface area contributed by atoms with Crippen molar-refractivity contribution in [2.75, 3.05) is 26.4 Å². The van der Waals surface area contributed by atoms with E-state index >= 15 is 0 Å². The number of carbonyl (C=O) groups is 4. The second kappa shape index (κ2) is 17.0. The molecule has 7 N–H and O–H groups in total. The van der Waals surface area contributed by atoms with Gasteiger partial charge in [-0.05, 0) is 43.5 Å². The summed E-state index contributed by atoms with van der Waals surface area (Å²) in [7, 11) is 3.18. The van der Waals surface area contributed by atoms with Crippen LogP contribution in [0.15, 0.2) is 60.7 Å². The molecule has 1 aliphatic heterocycles. The summed E-state index contributed by atoms with van der Waals surface area (Å²) in [6.07, 6.45) is -0.423. The first kappa shape index (κ1) is 33.4. The van der Waals surface area contributed by atoms with E-state index in [-0.39, 0.29) is 31.2 Å². The Labute approximate surface area is 234 Å². The first-order valence-electron chi connectivity index (χ1n) is 12.4. The van der Waals surface area contributed by atoms with Crippen molar-refractivity contribution in [1.82, 2.24) is 15.5 Å². The molecule has 0 radical (unpaired) electrons. The summed E-state index contributed by atoms with van der Waals surface area (Å²) < 4.78 is 5.18. The highest BCUT2D eigenvalue weighted by atomic mass is 35.5. The van der Waals surface area contributed by atoms with Crippen molar-refractivity contribution in [2.45, 2.75) is 50.0 Å². The fourth-order valence-electron chi connectivity index (χ4n) is 3.58. The van der Waals surface area contributed by atoms with E-state index in [1.54, 1.807) is 14.1 Å². The summed E-state index contributed by atoms with van der Waals surface area (Å²) in [6.45, 7) is 0.435. The van der Waals surface area contributed by atoms with Crippen LogP contribution in [0.5, 0.6) is 0 Å². The van der Waals surface area contributed by atoms with Gasteiger partial charge in [0.05, 0.1) is 0 Å². The second-order valence-electron chi connectivity index (χ2n) is 9.06. The van der Waals surface area contributed by atoms with E-state index in [1.165, 1.54) is 4.90 Å². The van der Waals surface area contributed by atoms with Gasteiger partial charge >= 0.3 is 5.97 Å². The molecule has 39 heavy (non-hydrogen) atoms. The number of nitrogens with one attached hydrogen (secondary N) is 2. The van der Waals surface area contributed by atoms with Gasteiger partial charge in [0, 0.05) is 26.2 Å². The zero-order valence-electron chi connectivity index (χ0n) is 22.1. The molecular weight excluding hydrogens is 526 g/mol. The highest BCUT2D eigenvalue weighted by Gasteiger charge is 2.51. The number of carboxylic acid groups (broad SMARTS) is 1. The SMILES string of the molecule is CN(C)C(=O)[C@H](Cc1ccccc1)NC(=O)C1OC1C(=O)N[C@@H](CCCCN)C(=O)O.Cl.Nc1ccccc1. The second-order valence-corrected chi connectivity index (χ2v) is 9.06. The molecule has 2 aromatic carbocycles. The molecule has 12 heteroatoms.